The molecule has 3 rings (SSSR count). The van der Waals surface area contributed by atoms with Gasteiger partial charge in [0.2, 0.25) is 0 Å². The number of likely N-dealkylation sites (N-methyl/N-ethyl adjacent to an activating group) is 1. The molecule has 146 valence electrons. The van der Waals surface area contributed by atoms with Crippen molar-refractivity contribution in [3.63, 3.8) is 0 Å². The number of aromatic nitrogens is 1. The normalized spacial score (nSPS) is 11.5. The molecule has 0 unspecified atom stereocenters. The van der Waals surface area contributed by atoms with E-state index in [9.17, 15) is 4.79 Å². The Kier molecular flexibility index (Phi) is 6.67. The molecule has 0 radical (unpaired) electrons. The van der Waals surface area contributed by atoms with Crippen molar-refractivity contribution >= 4 is 50.3 Å². The third kappa shape index (κ3) is 4.90. The van der Waals surface area contributed by atoms with Gasteiger partial charge in [0.25, 0.3) is 5.91 Å². The fourth-order valence-electron chi connectivity index (χ4n) is 2.63. The number of hydrogen-bond acceptors (Lipinski definition) is 4. The number of nitrogens with one attached hydrogen (secondary N) is 1. The summed E-state index contributed by atoms with van der Waals surface area (Å²) in [4.78, 5) is 20.6. The van der Waals surface area contributed by atoms with Crippen LogP contribution in [-0.2, 0) is 4.79 Å². The van der Waals surface area contributed by atoms with Gasteiger partial charge < -0.3 is 9.64 Å². The van der Waals surface area contributed by atoms with E-state index in [0.29, 0.717) is 16.7 Å². The number of carbonyl (C=O) groups excluding carboxylic acids is 1. The first-order chi connectivity index (χ1) is 13.5. The average molecular weight is 417 g/mol. The summed E-state index contributed by atoms with van der Waals surface area (Å²) in [7, 11) is 5.76. The molecule has 5 nitrogen and oxygen atoms in total. The summed E-state index contributed by atoms with van der Waals surface area (Å²) in [6.07, 6.45) is 3.30. The number of ether oxygens (including phenoxy) is 1. The Balaban J connectivity index is 1.90. The van der Waals surface area contributed by atoms with Gasteiger partial charge in [-0.05, 0) is 35.9 Å². The second kappa shape index (κ2) is 9.19. The number of anilines is 1. The summed E-state index contributed by atoms with van der Waals surface area (Å²) >= 11 is 7.67. The Hall–Kier alpha value is -2.41. The number of benzene rings is 2. The van der Waals surface area contributed by atoms with Crippen molar-refractivity contribution < 1.29 is 14.4 Å². The Labute approximate surface area is 173 Å². The second-order valence-corrected chi connectivity index (χ2v) is 8.05. The number of quaternary nitrogens is 1. The van der Waals surface area contributed by atoms with Crippen LogP contribution in [0.1, 0.15) is 5.56 Å². The van der Waals surface area contributed by atoms with Gasteiger partial charge in [0.1, 0.15) is 5.75 Å². The van der Waals surface area contributed by atoms with E-state index in [4.69, 9.17) is 16.3 Å². The molecule has 1 N–H and O–H groups in total. The summed E-state index contributed by atoms with van der Waals surface area (Å²) in [6, 6.07) is 13.2. The number of carbonyl (C=O) groups is 1. The van der Waals surface area contributed by atoms with Gasteiger partial charge in [-0.1, -0.05) is 41.1 Å². The maximum Gasteiger partial charge on any atom is 0.252 e. The molecule has 3 aromatic rings. The standard InChI is InChI=1S/C21H22ClN3O2S/c1-24(2)12-13-25(20(26)11-8-15-6-4-5-7-17(15)22)21-23-18-10-9-16(27-3)14-19(18)28-21/h4-11,14H,12-13H2,1-3H3/p+1/b11-8+. The number of fused-ring (bicyclic) bond motifs is 1. The van der Waals surface area contributed by atoms with Crippen LogP contribution in [0, 0.1) is 0 Å². The number of hydrogen-bond donors (Lipinski definition) is 1. The molecule has 0 saturated carbocycles. The second-order valence-electron chi connectivity index (χ2n) is 6.63. The van der Waals surface area contributed by atoms with Gasteiger partial charge in [-0.15, -0.1) is 0 Å². The van der Waals surface area contributed by atoms with Gasteiger partial charge in [-0.25, -0.2) is 4.98 Å². The summed E-state index contributed by atoms with van der Waals surface area (Å²) in [5.41, 5.74) is 1.66. The highest BCUT2D eigenvalue weighted by Gasteiger charge is 2.19. The number of nitrogens with zero attached hydrogens (tertiary/aromatic N) is 2. The molecule has 28 heavy (non-hydrogen) atoms. The fraction of sp³-hybridized carbons (Fsp3) is 0.238. The summed E-state index contributed by atoms with van der Waals surface area (Å²) in [6.45, 7) is 1.38. The predicted molar refractivity (Wildman–Crippen MR) is 117 cm³/mol. The van der Waals surface area contributed by atoms with Gasteiger partial charge in [0, 0.05) is 11.1 Å². The molecular weight excluding hydrogens is 394 g/mol. The zero-order valence-corrected chi connectivity index (χ0v) is 17.7. The van der Waals surface area contributed by atoms with Crippen molar-refractivity contribution in [3.05, 3.63) is 59.1 Å². The summed E-state index contributed by atoms with van der Waals surface area (Å²) in [5, 5.41) is 1.29. The van der Waals surface area contributed by atoms with Crippen molar-refractivity contribution in [3.8, 4) is 5.75 Å². The van der Waals surface area contributed by atoms with E-state index in [1.165, 1.54) is 16.2 Å². The summed E-state index contributed by atoms with van der Waals surface area (Å²) < 4.78 is 6.27. The van der Waals surface area contributed by atoms with E-state index in [2.05, 4.69) is 19.1 Å². The number of thiazole rings is 1. The molecule has 0 atom stereocenters. The van der Waals surface area contributed by atoms with Crippen molar-refractivity contribution in [1.82, 2.24) is 4.98 Å². The molecule has 0 saturated heterocycles. The van der Waals surface area contributed by atoms with Crippen LogP contribution in [0.4, 0.5) is 5.13 Å². The Bertz CT molecular complexity index is 1000. The minimum Gasteiger partial charge on any atom is -0.497 e. The lowest BCUT2D eigenvalue weighted by Crippen LogP contribution is -3.06. The van der Waals surface area contributed by atoms with Gasteiger partial charge in [0.05, 0.1) is 44.5 Å². The summed E-state index contributed by atoms with van der Waals surface area (Å²) in [5.74, 6) is 0.657. The van der Waals surface area contributed by atoms with E-state index in [0.717, 1.165) is 28.1 Å². The van der Waals surface area contributed by atoms with Crippen molar-refractivity contribution in [2.45, 2.75) is 0 Å². The quantitative estimate of drug-likeness (QED) is 0.602. The minimum atomic E-state index is -0.118. The molecule has 0 spiro atoms. The SMILES string of the molecule is COc1ccc2nc(N(CC[NH+](C)C)C(=O)/C=C/c3ccccc3Cl)sc2c1. The van der Waals surface area contributed by atoms with Gasteiger partial charge in [0.15, 0.2) is 5.13 Å². The third-order valence-corrected chi connectivity index (χ3v) is 5.61. The van der Waals surface area contributed by atoms with Crippen LogP contribution in [0.3, 0.4) is 0 Å². The zero-order valence-electron chi connectivity index (χ0n) is 16.1. The van der Waals surface area contributed by atoms with E-state index >= 15 is 0 Å². The van der Waals surface area contributed by atoms with E-state index < -0.39 is 0 Å². The molecule has 1 aromatic heterocycles. The lowest BCUT2D eigenvalue weighted by atomic mass is 10.2. The number of methoxy groups -OCH3 is 1. The smallest absolute Gasteiger partial charge is 0.252 e. The number of amides is 1. The van der Waals surface area contributed by atoms with Crippen molar-refractivity contribution in [2.24, 2.45) is 0 Å². The maximum atomic E-state index is 13.0. The molecule has 2 aromatic carbocycles. The minimum absolute atomic E-state index is 0.118. The van der Waals surface area contributed by atoms with Crippen LogP contribution in [0.5, 0.6) is 5.75 Å². The first kappa shape index (κ1) is 20.3. The van der Waals surface area contributed by atoms with Crippen LogP contribution in [0.25, 0.3) is 16.3 Å². The van der Waals surface area contributed by atoms with E-state index in [-0.39, 0.29) is 5.91 Å². The highest BCUT2D eigenvalue weighted by Crippen LogP contribution is 2.31. The van der Waals surface area contributed by atoms with Crippen molar-refractivity contribution in [2.75, 3.05) is 39.2 Å². The molecular formula is C21H23ClN3O2S+. The molecule has 0 aliphatic rings. The lowest BCUT2D eigenvalue weighted by molar-refractivity contribution is -0.856. The predicted octanol–water partition coefficient (Wildman–Crippen LogP) is 3.15. The maximum absolute atomic E-state index is 13.0. The molecule has 7 heteroatoms. The molecule has 0 fully saturated rings. The van der Waals surface area contributed by atoms with Crippen LogP contribution in [0.2, 0.25) is 5.02 Å². The molecule has 0 bridgehead atoms. The number of rotatable bonds is 7. The highest BCUT2D eigenvalue weighted by molar-refractivity contribution is 7.22. The average Bonchev–Trinajstić information content (AvgIpc) is 3.09. The first-order valence-corrected chi connectivity index (χ1v) is 10.1. The van der Waals surface area contributed by atoms with Crippen LogP contribution >= 0.6 is 22.9 Å². The zero-order chi connectivity index (χ0) is 20.1. The van der Waals surface area contributed by atoms with Gasteiger partial charge >= 0.3 is 0 Å². The van der Waals surface area contributed by atoms with Gasteiger partial charge in [-0.2, -0.15) is 0 Å². The molecule has 1 amide bonds. The first-order valence-electron chi connectivity index (χ1n) is 8.95. The highest BCUT2D eigenvalue weighted by atomic mass is 35.5. The molecule has 1 heterocycles. The Morgan fingerprint density at radius 3 is 2.79 bits per heavy atom. The van der Waals surface area contributed by atoms with E-state index in [1.807, 2.05) is 36.4 Å². The van der Waals surface area contributed by atoms with Crippen molar-refractivity contribution in [1.29, 1.82) is 0 Å². The lowest BCUT2D eigenvalue weighted by Gasteiger charge is -2.19. The van der Waals surface area contributed by atoms with Crippen LogP contribution in [0.15, 0.2) is 48.5 Å². The Morgan fingerprint density at radius 2 is 2.07 bits per heavy atom. The largest absolute Gasteiger partial charge is 0.497 e. The molecule has 0 aliphatic carbocycles. The van der Waals surface area contributed by atoms with E-state index in [1.54, 1.807) is 30.2 Å². The number of halogens is 1. The Morgan fingerprint density at radius 1 is 1.29 bits per heavy atom. The topological polar surface area (TPSA) is 46.9 Å². The van der Waals surface area contributed by atoms with Crippen LogP contribution in [-0.4, -0.2) is 45.2 Å². The monoisotopic (exact) mass is 416 g/mol. The van der Waals surface area contributed by atoms with Crippen LogP contribution < -0.4 is 14.5 Å². The molecule has 0 aliphatic heterocycles. The van der Waals surface area contributed by atoms with Gasteiger partial charge in [-0.3, -0.25) is 9.69 Å². The third-order valence-electron chi connectivity index (χ3n) is 4.23. The fourth-order valence-corrected chi connectivity index (χ4v) is 3.86.